The lowest BCUT2D eigenvalue weighted by Gasteiger charge is -2.28. The molecule has 1 aliphatic carbocycles. The third-order valence-electron chi connectivity index (χ3n) is 4.95. The minimum Gasteiger partial charge on any atom is -0.378 e. The van der Waals surface area contributed by atoms with Gasteiger partial charge in [0.1, 0.15) is 0 Å². The summed E-state index contributed by atoms with van der Waals surface area (Å²) in [6.07, 6.45) is 2.32. The molecule has 2 aliphatic rings. The summed E-state index contributed by atoms with van der Waals surface area (Å²) in [5.41, 5.74) is 1.04. The third-order valence-corrected chi connectivity index (χ3v) is 5.98. The van der Waals surface area contributed by atoms with Gasteiger partial charge in [0, 0.05) is 19.0 Å². The van der Waals surface area contributed by atoms with E-state index < -0.39 is 0 Å². The third kappa shape index (κ3) is 3.51. The van der Waals surface area contributed by atoms with Crippen molar-refractivity contribution in [3.63, 3.8) is 0 Å². The molecule has 5 rings (SSSR count). The number of rotatable bonds is 6. The molecule has 8 nitrogen and oxygen atoms in total. The molecular weight excluding hydrogens is 376 g/mol. The van der Waals surface area contributed by atoms with E-state index in [1.165, 1.54) is 0 Å². The summed E-state index contributed by atoms with van der Waals surface area (Å²) >= 11 is 1.58. The average Bonchev–Trinajstić information content (AvgIpc) is 3.32. The number of benzene rings is 1. The van der Waals surface area contributed by atoms with E-state index >= 15 is 0 Å². The first-order valence-electron chi connectivity index (χ1n) is 9.63. The Balaban J connectivity index is 1.45. The van der Waals surface area contributed by atoms with E-state index in [9.17, 15) is 0 Å². The first kappa shape index (κ1) is 17.7. The monoisotopic (exact) mass is 398 g/mol. The number of ether oxygens (including phenoxy) is 1. The molecule has 0 N–H and O–H groups in total. The molecule has 0 amide bonds. The molecular formula is C19H22N6O2S. The molecule has 0 bridgehead atoms. The van der Waals surface area contributed by atoms with Gasteiger partial charge in [-0.05, 0) is 31.9 Å². The van der Waals surface area contributed by atoms with Gasteiger partial charge in [-0.25, -0.2) is 0 Å². The number of anilines is 1. The SMILES string of the molecule is CC(Sc1nnc(N2CCOCC2)n1-c1ccccc1)c1nc(C2CC2)no1. The average molecular weight is 398 g/mol. The van der Waals surface area contributed by atoms with Crippen molar-refractivity contribution in [3.05, 3.63) is 42.0 Å². The maximum atomic E-state index is 5.50. The molecule has 0 radical (unpaired) electrons. The zero-order valence-corrected chi connectivity index (χ0v) is 16.5. The Morgan fingerprint density at radius 3 is 2.64 bits per heavy atom. The Labute approximate surface area is 167 Å². The van der Waals surface area contributed by atoms with Crippen LogP contribution in [0.15, 0.2) is 40.0 Å². The zero-order valence-electron chi connectivity index (χ0n) is 15.7. The second kappa shape index (κ2) is 7.56. The molecule has 2 fully saturated rings. The molecule has 1 saturated carbocycles. The smallest absolute Gasteiger partial charge is 0.239 e. The minimum absolute atomic E-state index is 0.01000. The van der Waals surface area contributed by atoms with Crippen molar-refractivity contribution in [2.75, 3.05) is 31.2 Å². The molecule has 1 saturated heterocycles. The highest BCUT2D eigenvalue weighted by Gasteiger charge is 2.30. The molecule has 1 unspecified atom stereocenters. The predicted octanol–water partition coefficient (Wildman–Crippen LogP) is 3.22. The fourth-order valence-corrected chi connectivity index (χ4v) is 4.13. The quantitative estimate of drug-likeness (QED) is 0.586. The molecule has 3 heterocycles. The van der Waals surface area contributed by atoms with Gasteiger partial charge in [-0.15, -0.1) is 10.2 Å². The van der Waals surface area contributed by atoms with Crippen LogP contribution in [0.1, 0.15) is 42.6 Å². The van der Waals surface area contributed by atoms with Gasteiger partial charge in [0.2, 0.25) is 11.8 Å². The van der Waals surface area contributed by atoms with E-state index in [0.29, 0.717) is 25.0 Å². The van der Waals surface area contributed by atoms with Crippen molar-refractivity contribution in [2.45, 2.75) is 36.1 Å². The predicted molar refractivity (Wildman–Crippen MR) is 105 cm³/mol. The number of nitrogens with zero attached hydrogens (tertiary/aromatic N) is 6. The first-order valence-corrected chi connectivity index (χ1v) is 10.5. The fraction of sp³-hybridized carbons (Fsp3) is 0.474. The van der Waals surface area contributed by atoms with Gasteiger partial charge in [0.25, 0.3) is 0 Å². The molecule has 146 valence electrons. The van der Waals surface area contributed by atoms with Gasteiger partial charge < -0.3 is 14.2 Å². The molecule has 0 spiro atoms. The van der Waals surface area contributed by atoms with Crippen molar-refractivity contribution in [3.8, 4) is 5.69 Å². The van der Waals surface area contributed by atoms with Crippen molar-refractivity contribution in [2.24, 2.45) is 0 Å². The Kier molecular flexibility index (Phi) is 4.77. The summed E-state index contributed by atoms with van der Waals surface area (Å²) in [5.74, 6) is 2.80. The number of para-hydroxylation sites is 1. The van der Waals surface area contributed by atoms with Crippen molar-refractivity contribution in [1.29, 1.82) is 0 Å². The topological polar surface area (TPSA) is 82.1 Å². The van der Waals surface area contributed by atoms with Crippen LogP contribution in [0.3, 0.4) is 0 Å². The second-order valence-electron chi connectivity index (χ2n) is 7.08. The van der Waals surface area contributed by atoms with Gasteiger partial charge in [-0.2, -0.15) is 4.98 Å². The number of aromatic nitrogens is 5. The Morgan fingerprint density at radius 2 is 1.89 bits per heavy atom. The summed E-state index contributed by atoms with van der Waals surface area (Å²) in [6.45, 7) is 5.07. The summed E-state index contributed by atoms with van der Waals surface area (Å²) < 4.78 is 13.1. The maximum Gasteiger partial charge on any atom is 0.239 e. The van der Waals surface area contributed by atoms with Crippen molar-refractivity contribution >= 4 is 17.7 Å². The number of hydrogen-bond acceptors (Lipinski definition) is 8. The van der Waals surface area contributed by atoms with E-state index in [1.54, 1.807) is 11.8 Å². The van der Waals surface area contributed by atoms with Crippen LogP contribution >= 0.6 is 11.8 Å². The summed E-state index contributed by atoms with van der Waals surface area (Å²) in [6, 6.07) is 10.2. The van der Waals surface area contributed by atoms with Crippen molar-refractivity contribution < 1.29 is 9.26 Å². The van der Waals surface area contributed by atoms with Crippen LogP contribution in [0.25, 0.3) is 5.69 Å². The van der Waals surface area contributed by atoms with Crippen LogP contribution in [0, 0.1) is 0 Å². The van der Waals surface area contributed by atoms with E-state index in [2.05, 4.69) is 48.9 Å². The second-order valence-corrected chi connectivity index (χ2v) is 8.39. The summed E-state index contributed by atoms with van der Waals surface area (Å²) in [5, 5.41) is 13.9. The summed E-state index contributed by atoms with van der Waals surface area (Å²) in [7, 11) is 0. The summed E-state index contributed by atoms with van der Waals surface area (Å²) in [4.78, 5) is 6.80. The number of thioether (sulfide) groups is 1. The molecule has 1 atom stereocenters. The zero-order chi connectivity index (χ0) is 18.9. The normalized spacial score (nSPS) is 18.4. The van der Waals surface area contributed by atoms with Gasteiger partial charge in [-0.1, -0.05) is 35.1 Å². The highest BCUT2D eigenvalue weighted by Crippen LogP contribution is 2.40. The maximum absolute atomic E-state index is 5.50. The van der Waals surface area contributed by atoms with Crippen LogP contribution < -0.4 is 4.90 Å². The van der Waals surface area contributed by atoms with Gasteiger partial charge >= 0.3 is 0 Å². The molecule has 2 aromatic heterocycles. The Hall–Kier alpha value is -2.39. The number of morpholine rings is 1. The van der Waals surface area contributed by atoms with Gasteiger partial charge in [0.15, 0.2) is 11.0 Å². The molecule has 1 aromatic carbocycles. The van der Waals surface area contributed by atoms with Crippen LogP contribution in [0.2, 0.25) is 0 Å². The lowest BCUT2D eigenvalue weighted by atomic mass is 10.3. The van der Waals surface area contributed by atoms with Crippen molar-refractivity contribution in [1.82, 2.24) is 24.9 Å². The Bertz CT molecular complexity index is 933. The van der Waals surface area contributed by atoms with E-state index in [4.69, 9.17) is 9.26 Å². The fourth-order valence-electron chi connectivity index (χ4n) is 3.24. The lowest BCUT2D eigenvalue weighted by Crippen LogP contribution is -2.37. The molecule has 9 heteroatoms. The van der Waals surface area contributed by atoms with E-state index in [0.717, 1.165) is 48.5 Å². The standard InChI is InChI=1S/C19H22N6O2S/c1-13(17-20-16(23-27-17)14-7-8-14)28-19-22-21-18(24-9-11-26-12-10-24)25(19)15-5-3-2-4-6-15/h2-6,13-14H,7-12H2,1H3. The van der Waals surface area contributed by atoms with E-state index in [-0.39, 0.29) is 5.25 Å². The minimum atomic E-state index is -0.01000. The molecule has 1 aliphatic heterocycles. The van der Waals surface area contributed by atoms with Crippen LogP contribution in [0.4, 0.5) is 5.95 Å². The molecule has 3 aromatic rings. The molecule has 28 heavy (non-hydrogen) atoms. The van der Waals surface area contributed by atoms with Crippen LogP contribution in [-0.2, 0) is 4.74 Å². The highest BCUT2D eigenvalue weighted by atomic mass is 32.2. The van der Waals surface area contributed by atoms with Crippen LogP contribution in [-0.4, -0.2) is 51.2 Å². The Morgan fingerprint density at radius 1 is 1.11 bits per heavy atom. The highest BCUT2D eigenvalue weighted by molar-refractivity contribution is 7.99. The lowest BCUT2D eigenvalue weighted by molar-refractivity contribution is 0.122. The van der Waals surface area contributed by atoms with Gasteiger partial charge in [-0.3, -0.25) is 4.57 Å². The largest absolute Gasteiger partial charge is 0.378 e. The van der Waals surface area contributed by atoms with Gasteiger partial charge in [0.05, 0.1) is 24.2 Å². The first-order chi connectivity index (χ1) is 13.8. The van der Waals surface area contributed by atoms with Crippen LogP contribution in [0.5, 0.6) is 0 Å². The number of hydrogen-bond donors (Lipinski definition) is 0. The van der Waals surface area contributed by atoms with E-state index in [1.807, 2.05) is 18.2 Å².